The molecule has 0 aliphatic heterocycles. The van der Waals surface area contributed by atoms with E-state index < -0.39 is 11.9 Å². The van der Waals surface area contributed by atoms with Crippen LogP contribution in [0.25, 0.3) is 11.0 Å². The zero-order chi connectivity index (χ0) is 12.5. The Morgan fingerprint density at radius 1 is 1.17 bits per heavy atom. The molecule has 0 spiro atoms. The summed E-state index contributed by atoms with van der Waals surface area (Å²) in [7, 11) is 0. The number of hydrogen-bond donors (Lipinski definition) is 1. The first kappa shape index (κ1) is 10.9. The third-order valence-corrected chi connectivity index (χ3v) is 2.74. The van der Waals surface area contributed by atoms with Gasteiger partial charge in [-0.05, 0) is 24.3 Å². The van der Waals surface area contributed by atoms with E-state index in [2.05, 4.69) is 4.98 Å². The fourth-order valence-corrected chi connectivity index (χ4v) is 1.83. The number of nitrogens with zero attached hydrogens (tertiary/aromatic N) is 1. The van der Waals surface area contributed by atoms with Gasteiger partial charge in [0.25, 0.3) is 0 Å². The van der Waals surface area contributed by atoms with E-state index in [0.29, 0.717) is 17.0 Å². The summed E-state index contributed by atoms with van der Waals surface area (Å²) in [6, 6.07) is 11.9. The number of benzene rings is 1. The molecule has 1 atom stereocenters. The van der Waals surface area contributed by atoms with Crippen molar-refractivity contribution in [3.05, 3.63) is 65.9 Å². The van der Waals surface area contributed by atoms with Crippen LogP contribution in [-0.2, 0) is 0 Å². The van der Waals surface area contributed by atoms with Crippen molar-refractivity contribution >= 4 is 11.0 Å². The minimum atomic E-state index is -0.988. The Balaban J connectivity index is 2.00. The molecule has 0 fully saturated rings. The first-order chi connectivity index (χ1) is 8.74. The molecule has 0 aliphatic rings. The first-order valence-electron chi connectivity index (χ1n) is 5.52. The molecule has 2 aromatic heterocycles. The third kappa shape index (κ3) is 1.87. The van der Waals surface area contributed by atoms with E-state index in [0.717, 1.165) is 11.6 Å². The number of aliphatic hydroxyl groups is 1. The van der Waals surface area contributed by atoms with Gasteiger partial charge in [-0.3, -0.25) is 4.98 Å². The molecule has 1 unspecified atom stereocenters. The van der Waals surface area contributed by atoms with Gasteiger partial charge >= 0.3 is 0 Å². The summed E-state index contributed by atoms with van der Waals surface area (Å²) in [6.45, 7) is 0. The molecule has 0 radical (unpaired) electrons. The Kier molecular flexibility index (Phi) is 2.57. The second-order valence-corrected chi connectivity index (χ2v) is 3.99. The van der Waals surface area contributed by atoms with Crippen molar-refractivity contribution in [2.24, 2.45) is 0 Å². The Labute approximate surface area is 103 Å². The van der Waals surface area contributed by atoms with Gasteiger partial charge in [0.15, 0.2) is 6.10 Å². The number of rotatable bonds is 2. The topological polar surface area (TPSA) is 46.3 Å². The SMILES string of the molecule is OC(c1ccc(F)cn1)c1cc2ccccc2o1. The lowest BCUT2D eigenvalue weighted by molar-refractivity contribution is 0.187. The van der Waals surface area contributed by atoms with Gasteiger partial charge in [-0.1, -0.05) is 18.2 Å². The van der Waals surface area contributed by atoms with E-state index in [1.165, 1.54) is 12.1 Å². The molecule has 2 heterocycles. The van der Waals surface area contributed by atoms with Crippen molar-refractivity contribution in [1.82, 2.24) is 4.98 Å². The standard InChI is InChI=1S/C14H10FNO2/c15-10-5-6-11(16-8-10)14(17)13-7-9-3-1-2-4-12(9)18-13/h1-8,14,17H. The number of halogens is 1. The summed E-state index contributed by atoms with van der Waals surface area (Å²) in [5.74, 6) is -0.0362. The number of aliphatic hydroxyl groups excluding tert-OH is 1. The first-order valence-corrected chi connectivity index (χ1v) is 5.52. The van der Waals surface area contributed by atoms with Crippen LogP contribution in [0.5, 0.6) is 0 Å². The van der Waals surface area contributed by atoms with Gasteiger partial charge < -0.3 is 9.52 Å². The number of furan rings is 1. The van der Waals surface area contributed by atoms with Crippen LogP contribution in [0, 0.1) is 5.82 Å². The molecule has 1 N–H and O–H groups in total. The van der Waals surface area contributed by atoms with Crippen LogP contribution < -0.4 is 0 Å². The van der Waals surface area contributed by atoms with Crippen LogP contribution in [0.1, 0.15) is 17.6 Å². The fraction of sp³-hybridized carbons (Fsp3) is 0.0714. The number of para-hydroxylation sites is 1. The van der Waals surface area contributed by atoms with Gasteiger partial charge in [0, 0.05) is 5.39 Å². The minimum absolute atomic E-state index is 0.357. The van der Waals surface area contributed by atoms with Gasteiger partial charge in [0.1, 0.15) is 17.2 Å². The zero-order valence-corrected chi connectivity index (χ0v) is 9.38. The second kappa shape index (κ2) is 4.23. The Bertz CT molecular complexity index is 643. The fourth-order valence-electron chi connectivity index (χ4n) is 1.83. The molecular formula is C14H10FNO2. The molecule has 3 rings (SSSR count). The van der Waals surface area contributed by atoms with E-state index in [1.807, 2.05) is 24.3 Å². The number of hydrogen-bond acceptors (Lipinski definition) is 3. The smallest absolute Gasteiger partial charge is 0.153 e. The highest BCUT2D eigenvalue weighted by Crippen LogP contribution is 2.27. The van der Waals surface area contributed by atoms with E-state index in [-0.39, 0.29) is 0 Å². The highest BCUT2D eigenvalue weighted by molar-refractivity contribution is 5.77. The quantitative estimate of drug-likeness (QED) is 0.752. The highest BCUT2D eigenvalue weighted by atomic mass is 19.1. The molecule has 90 valence electrons. The summed E-state index contributed by atoms with van der Waals surface area (Å²) in [5.41, 5.74) is 1.06. The van der Waals surface area contributed by atoms with Crippen molar-refractivity contribution in [1.29, 1.82) is 0 Å². The molecule has 4 heteroatoms. The molecule has 3 nitrogen and oxygen atoms in total. The molecule has 1 aromatic carbocycles. The van der Waals surface area contributed by atoms with Gasteiger partial charge in [-0.2, -0.15) is 0 Å². The Morgan fingerprint density at radius 2 is 2.00 bits per heavy atom. The second-order valence-electron chi connectivity index (χ2n) is 3.99. The Morgan fingerprint density at radius 3 is 2.72 bits per heavy atom. The lowest BCUT2D eigenvalue weighted by Crippen LogP contribution is -2.00. The van der Waals surface area contributed by atoms with Crippen LogP contribution in [0.4, 0.5) is 4.39 Å². The lowest BCUT2D eigenvalue weighted by atomic mass is 10.1. The number of pyridine rings is 1. The molecule has 0 bridgehead atoms. The number of fused-ring (bicyclic) bond motifs is 1. The summed E-state index contributed by atoms with van der Waals surface area (Å²) < 4.78 is 18.3. The Hall–Kier alpha value is -2.20. The van der Waals surface area contributed by atoms with E-state index >= 15 is 0 Å². The van der Waals surface area contributed by atoms with Gasteiger partial charge in [-0.25, -0.2) is 4.39 Å². The average molecular weight is 243 g/mol. The van der Waals surface area contributed by atoms with E-state index in [9.17, 15) is 9.50 Å². The third-order valence-electron chi connectivity index (χ3n) is 2.74. The molecule has 3 aromatic rings. The maximum atomic E-state index is 12.8. The molecule has 0 aliphatic carbocycles. The highest BCUT2D eigenvalue weighted by Gasteiger charge is 2.16. The van der Waals surface area contributed by atoms with Crippen LogP contribution in [-0.4, -0.2) is 10.1 Å². The predicted molar refractivity (Wildman–Crippen MR) is 64.5 cm³/mol. The van der Waals surface area contributed by atoms with Crippen LogP contribution >= 0.6 is 0 Å². The van der Waals surface area contributed by atoms with Gasteiger partial charge in [0.2, 0.25) is 0 Å². The summed E-state index contributed by atoms with van der Waals surface area (Å²) in [6.07, 6.45) is 0.0827. The molecular weight excluding hydrogens is 233 g/mol. The van der Waals surface area contributed by atoms with Crippen molar-refractivity contribution in [3.63, 3.8) is 0 Å². The zero-order valence-electron chi connectivity index (χ0n) is 9.38. The van der Waals surface area contributed by atoms with E-state index in [1.54, 1.807) is 6.07 Å². The number of aromatic nitrogens is 1. The maximum absolute atomic E-state index is 12.8. The maximum Gasteiger partial charge on any atom is 0.153 e. The van der Waals surface area contributed by atoms with Crippen molar-refractivity contribution in [2.45, 2.75) is 6.10 Å². The summed E-state index contributed by atoms with van der Waals surface area (Å²) >= 11 is 0. The van der Waals surface area contributed by atoms with Crippen LogP contribution in [0.2, 0.25) is 0 Å². The van der Waals surface area contributed by atoms with Crippen molar-refractivity contribution < 1.29 is 13.9 Å². The van der Waals surface area contributed by atoms with E-state index in [4.69, 9.17) is 4.42 Å². The largest absolute Gasteiger partial charge is 0.458 e. The minimum Gasteiger partial charge on any atom is -0.458 e. The molecule has 0 saturated carbocycles. The average Bonchev–Trinajstić information content (AvgIpc) is 2.82. The summed E-state index contributed by atoms with van der Waals surface area (Å²) in [5, 5.41) is 11.0. The van der Waals surface area contributed by atoms with Crippen LogP contribution in [0.15, 0.2) is 53.1 Å². The monoisotopic (exact) mass is 243 g/mol. The van der Waals surface area contributed by atoms with Gasteiger partial charge in [-0.15, -0.1) is 0 Å². The molecule has 0 amide bonds. The normalized spacial score (nSPS) is 12.8. The predicted octanol–water partition coefficient (Wildman–Crippen LogP) is 3.05. The molecule has 0 saturated heterocycles. The molecule has 18 heavy (non-hydrogen) atoms. The lowest BCUT2D eigenvalue weighted by Gasteiger charge is -2.06. The summed E-state index contributed by atoms with van der Waals surface area (Å²) in [4.78, 5) is 3.84. The van der Waals surface area contributed by atoms with Crippen molar-refractivity contribution in [2.75, 3.05) is 0 Å². The van der Waals surface area contributed by atoms with Gasteiger partial charge in [0.05, 0.1) is 11.9 Å². The van der Waals surface area contributed by atoms with Crippen molar-refractivity contribution in [3.8, 4) is 0 Å². The van der Waals surface area contributed by atoms with Crippen LogP contribution in [0.3, 0.4) is 0 Å².